The van der Waals surface area contributed by atoms with Gasteiger partial charge in [0.15, 0.2) is 5.60 Å². The monoisotopic (exact) mass is 981 g/mol. The molecular weight excluding hydrogens is 930 g/mol. The Balaban J connectivity index is 1.30. The molecule has 5 aromatic carbocycles. The zero-order valence-electron chi connectivity index (χ0n) is 38.6. The van der Waals surface area contributed by atoms with Crippen molar-refractivity contribution in [2.75, 3.05) is 26.4 Å². The van der Waals surface area contributed by atoms with E-state index in [9.17, 15) is 33.6 Å². The molecule has 71 heavy (non-hydrogen) atoms. The molecule has 1 aliphatic carbocycles. The first-order valence-corrected chi connectivity index (χ1v) is 22.9. The molecule has 0 radical (unpaired) electrons. The van der Waals surface area contributed by atoms with Crippen LogP contribution in [0.4, 0.5) is 4.79 Å². The predicted molar refractivity (Wildman–Crippen MR) is 263 cm³/mol. The molecule has 5 aromatic rings. The molecule has 0 saturated carbocycles. The van der Waals surface area contributed by atoms with Crippen LogP contribution in [0.5, 0.6) is 0 Å². The second kappa shape index (κ2) is 25.3. The van der Waals surface area contributed by atoms with Crippen molar-refractivity contribution in [3.8, 4) is 11.1 Å². The van der Waals surface area contributed by atoms with Gasteiger partial charge in [-0.2, -0.15) is 0 Å². The summed E-state index contributed by atoms with van der Waals surface area (Å²) in [5.74, 6) is -6.70. The van der Waals surface area contributed by atoms with Crippen LogP contribution in [0.2, 0.25) is 5.02 Å². The highest BCUT2D eigenvalue weighted by Gasteiger charge is 2.45. The first-order chi connectivity index (χ1) is 34.4. The number of halogens is 1. The lowest BCUT2D eigenvalue weighted by Gasteiger charge is -2.37. The maximum Gasteiger partial charge on any atom is 0.407 e. The predicted octanol–water partition coefficient (Wildman–Crippen LogP) is 7.41. The normalized spacial score (nSPS) is 12.7. The zero-order valence-corrected chi connectivity index (χ0v) is 39.3. The Morgan fingerprint density at radius 3 is 1.41 bits per heavy atom. The molecule has 15 nitrogen and oxygen atoms in total. The minimum atomic E-state index is -1.87. The van der Waals surface area contributed by atoms with Gasteiger partial charge in [0.05, 0.1) is 19.3 Å². The zero-order chi connectivity index (χ0) is 50.8. The van der Waals surface area contributed by atoms with E-state index in [0.717, 1.165) is 22.3 Å². The Kier molecular flexibility index (Phi) is 18.6. The van der Waals surface area contributed by atoms with E-state index in [-0.39, 0.29) is 37.4 Å². The van der Waals surface area contributed by atoms with Crippen molar-refractivity contribution in [1.82, 2.24) is 16.0 Å². The second-order valence-corrected chi connectivity index (χ2v) is 16.4. The Hall–Kier alpha value is -8.30. The minimum Gasteiger partial charge on any atom is -0.461 e. The number of hydrogen-bond acceptors (Lipinski definition) is 12. The van der Waals surface area contributed by atoms with Crippen LogP contribution in [0.1, 0.15) is 53.0 Å². The number of rotatable bonds is 24. The van der Waals surface area contributed by atoms with Gasteiger partial charge in [-0.05, 0) is 28.3 Å². The number of carbonyl (C=O) groups excluding carboxylic acids is 7. The number of esters is 4. The summed E-state index contributed by atoms with van der Waals surface area (Å²) in [6.07, 6.45) is 0.390. The molecule has 0 saturated heterocycles. The van der Waals surface area contributed by atoms with Gasteiger partial charge in [-0.1, -0.05) is 177 Å². The Morgan fingerprint density at radius 2 is 0.930 bits per heavy atom. The van der Waals surface area contributed by atoms with Crippen molar-refractivity contribution in [2.45, 2.75) is 48.9 Å². The molecule has 16 heteroatoms. The highest BCUT2D eigenvalue weighted by Crippen LogP contribution is 2.45. The van der Waals surface area contributed by atoms with Crippen molar-refractivity contribution in [2.24, 2.45) is 0 Å². The summed E-state index contributed by atoms with van der Waals surface area (Å²) in [4.78, 5) is 96.6. The molecule has 0 aromatic heterocycles. The minimum absolute atomic E-state index is 0.145. The fourth-order valence-electron chi connectivity index (χ4n) is 8.04. The van der Waals surface area contributed by atoms with Crippen LogP contribution in [-0.2, 0) is 58.1 Å². The van der Waals surface area contributed by atoms with Crippen molar-refractivity contribution >= 4 is 53.4 Å². The van der Waals surface area contributed by atoms with Gasteiger partial charge in [-0.3, -0.25) is 24.0 Å². The molecule has 0 aliphatic heterocycles. The third-order valence-electron chi connectivity index (χ3n) is 11.3. The van der Waals surface area contributed by atoms with Crippen LogP contribution >= 0.6 is 11.6 Å². The first kappa shape index (κ1) is 52.1. The standard InChI is InChI=1S/C55H52ClN3O12/c1-4-29-67-48(60)32-45(57-52(64)46(33-49(61)68-30-5-2)59-54(66)70-35-42-40-25-15-13-23-38(40)39-24-14-16-26-41(39)42)51(63)58-47(34-50(62)69-31-6-3)53(65)71-55(36-19-9-7-10-20-36,37-21-11-8-12-22-37)43-27-17-18-28-44(43)56/h4-28,42,45-47H,1-3,29-35H2,(H,57,64)(H,58,63)(H,59,66)/t45-,46-,47-/m1/s1. The third kappa shape index (κ3) is 13.3. The smallest absolute Gasteiger partial charge is 0.407 e. The van der Waals surface area contributed by atoms with E-state index in [1.807, 2.05) is 48.5 Å². The summed E-state index contributed by atoms with van der Waals surface area (Å²) in [6, 6.07) is 33.9. The molecular formula is C55H52ClN3O12. The van der Waals surface area contributed by atoms with E-state index >= 15 is 0 Å². The van der Waals surface area contributed by atoms with E-state index in [1.165, 1.54) is 18.2 Å². The summed E-state index contributed by atoms with van der Waals surface area (Å²) in [6.45, 7) is 9.72. The van der Waals surface area contributed by atoms with Crippen LogP contribution in [0, 0.1) is 0 Å². The summed E-state index contributed by atoms with van der Waals surface area (Å²) < 4.78 is 27.7. The van der Waals surface area contributed by atoms with Gasteiger partial charge < -0.3 is 39.6 Å². The number of ether oxygens (including phenoxy) is 5. The first-order valence-electron chi connectivity index (χ1n) is 22.5. The van der Waals surface area contributed by atoms with Crippen LogP contribution in [0.15, 0.2) is 171 Å². The van der Waals surface area contributed by atoms with Gasteiger partial charge in [-0.15, -0.1) is 0 Å². The van der Waals surface area contributed by atoms with Gasteiger partial charge in [-0.25, -0.2) is 9.59 Å². The number of hydrogen-bond donors (Lipinski definition) is 3. The molecule has 0 spiro atoms. The van der Waals surface area contributed by atoms with Crippen molar-refractivity contribution < 1.29 is 57.2 Å². The van der Waals surface area contributed by atoms with E-state index < -0.39 is 84.8 Å². The summed E-state index contributed by atoms with van der Waals surface area (Å²) in [5, 5.41) is 7.48. The largest absolute Gasteiger partial charge is 0.461 e. The maximum atomic E-state index is 14.9. The lowest BCUT2D eigenvalue weighted by atomic mass is 9.80. The van der Waals surface area contributed by atoms with Gasteiger partial charge in [0.1, 0.15) is 44.6 Å². The summed E-state index contributed by atoms with van der Waals surface area (Å²) in [5.41, 5.74) is 3.25. The van der Waals surface area contributed by atoms with Gasteiger partial charge in [0, 0.05) is 27.6 Å². The highest BCUT2D eigenvalue weighted by atomic mass is 35.5. The van der Waals surface area contributed by atoms with Gasteiger partial charge >= 0.3 is 30.0 Å². The van der Waals surface area contributed by atoms with E-state index in [0.29, 0.717) is 16.7 Å². The summed E-state index contributed by atoms with van der Waals surface area (Å²) in [7, 11) is 0. The average Bonchev–Trinajstić information content (AvgIpc) is 3.71. The SMILES string of the molecule is C=CCOC(=O)C[C@@H](NC(=O)OCC1c2ccccc2-c2ccccc21)C(=O)N[C@H](CC(=O)OCC=C)C(=O)N[C@H](CC(=O)OCC=C)C(=O)OC(c1ccccc1)(c1ccccc1)c1ccccc1Cl. The molecule has 6 rings (SSSR count). The molecule has 3 atom stereocenters. The van der Waals surface area contributed by atoms with Crippen LogP contribution in [0.25, 0.3) is 11.1 Å². The third-order valence-corrected chi connectivity index (χ3v) is 11.6. The lowest BCUT2D eigenvalue weighted by molar-refractivity contribution is -0.161. The number of carbonyl (C=O) groups is 7. The Bertz CT molecular complexity index is 2660. The number of fused-ring (bicyclic) bond motifs is 3. The number of alkyl carbamates (subject to hydrolysis) is 1. The fraction of sp³-hybridized carbons (Fsp3) is 0.218. The summed E-state index contributed by atoms with van der Waals surface area (Å²) >= 11 is 6.87. The Morgan fingerprint density at radius 1 is 0.521 bits per heavy atom. The van der Waals surface area contributed by atoms with Crippen molar-refractivity contribution in [1.29, 1.82) is 0 Å². The second-order valence-electron chi connectivity index (χ2n) is 16.0. The van der Waals surface area contributed by atoms with Gasteiger partial charge in [0.25, 0.3) is 0 Å². The number of amides is 3. The van der Waals surface area contributed by atoms with Crippen molar-refractivity contribution in [3.63, 3.8) is 0 Å². The molecule has 3 N–H and O–H groups in total. The fourth-order valence-corrected chi connectivity index (χ4v) is 8.30. The number of benzene rings is 5. The highest BCUT2D eigenvalue weighted by molar-refractivity contribution is 6.31. The molecule has 3 amide bonds. The average molecular weight is 982 g/mol. The topological polar surface area (TPSA) is 202 Å². The quantitative estimate of drug-likeness (QED) is 0.0240. The number of nitrogens with one attached hydrogen (secondary N) is 3. The van der Waals surface area contributed by atoms with Crippen LogP contribution in [-0.4, -0.2) is 86.3 Å². The molecule has 1 aliphatic rings. The molecule has 0 unspecified atom stereocenters. The van der Waals surface area contributed by atoms with E-state index in [2.05, 4.69) is 35.7 Å². The van der Waals surface area contributed by atoms with Crippen molar-refractivity contribution in [3.05, 3.63) is 204 Å². The van der Waals surface area contributed by atoms with Crippen LogP contribution < -0.4 is 16.0 Å². The van der Waals surface area contributed by atoms with Crippen LogP contribution in [0.3, 0.4) is 0 Å². The van der Waals surface area contributed by atoms with E-state index in [4.69, 9.17) is 35.3 Å². The molecule has 0 heterocycles. The molecule has 366 valence electrons. The Labute approximate surface area is 415 Å². The van der Waals surface area contributed by atoms with E-state index in [1.54, 1.807) is 84.9 Å². The van der Waals surface area contributed by atoms with Gasteiger partial charge in [0.2, 0.25) is 11.8 Å². The molecule has 0 fully saturated rings. The maximum absolute atomic E-state index is 14.9. The molecule has 0 bridgehead atoms. The lowest BCUT2D eigenvalue weighted by Crippen LogP contribution is -2.57.